The van der Waals surface area contributed by atoms with Gasteiger partial charge in [0.2, 0.25) is 5.91 Å². The minimum absolute atomic E-state index is 0.176. The molecule has 0 fully saturated rings. The zero-order valence-corrected chi connectivity index (χ0v) is 14.0. The number of nitrogens with one attached hydrogen (secondary N) is 1. The second-order valence-corrected chi connectivity index (χ2v) is 5.47. The molecule has 0 atom stereocenters. The van der Waals surface area contributed by atoms with Gasteiger partial charge in [0.1, 0.15) is 0 Å². The number of carbonyl (C=O) groups excluding carboxylic acids is 2. The molecule has 126 valence electrons. The summed E-state index contributed by atoms with van der Waals surface area (Å²) in [5.74, 6) is -0.615. The fourth-order valence-electron chi connectivity index (χ4n) is 2.36. The minimum atomic E-state index is -0.439. The summed E-state index contributed by atoms with van der Waals surface area (Å²) < 4.78 is 5.01. The maximum Gasteiger partial charge on any atom is 0.340 e. The maximum atomic E-state index is 12.2. The van der Waals surface area contributed by atoms with Crippen LogP contribution in [-0.4, -0.2) is 37.0 Å². The summed E-state index contributed by atoms with van der Waals surface area (Å²) in [6.07, 6.45) is 0. The molecule has 2 aromatic carbocycles. The molecule has 0 saturated heterocycles. The molecule has 0 aliphatic heterocycles. The standard InChI is InChI=1S/C19H22N2O3/c1-3-24-19(23)16-11-7-8-12-17(16)20-18(22)14-21(2)13-15-9-5-4-6-10-15/h4-12H,3,13-14H2,1-2H3,(H,20,22). The van der Waals surface area contributed by atoms with Gasteiger partial charge in [-0.25, -0.2) is 4.79 Å². The van der Waals surface area contributed by atoms with E-state index in [9.17, 15) is 9.59 Å². The molecule has 0 bridgehead atoms. The SMILES string of the molecule is CCOC(=O)c1ccccc1NC(=O)CN(C)Cc1ccccc1. The number of rotatable bonds is 7. The van der Waals surface area contributed by atoms with Crippen LogP contribution in [-0.2, 0) is 16.1 Å². The Labute approximate surface area is 142 Å². The van der Waals surface area contributed by atoms with E-state index in [-0.39, 0.29) is 12.5 Å². The Morgan fingerprint density at radius 3 is 2.42 bits per heavy atom. The lowest BCUT2D eigenvalue weighted by atomic mass is 10.1. The van der Waals surface area contributed by atoms with Crippen LogP contribution in [0.2, 0.25) is 0 Å². The van der Waals surface area contributed by atoms with Gasteiger partial charge in [0.15, 0.2) is 0 Å². The molecule has 0 aliphatic carbocycles. The molecule has 0 radical (unpaired) electrons. The molecule has 5 nitrogen and oxygen atoms in total. The number of benzene rings is 2. The van der Waals surface area contributed by atoms with Crippen molar-refractivity contribution in [3.63, 3.8) is 0 Å². The van der Waals surface area contributed by atoms with Crippen molar-refractivity contribution < 1.29 is 14.3 Å². The van der Waals surface area contributed by atoms with Crippen LogP contribution in [0.3, 0.4) is 0 Å². The van der Waals surface area contributed by atoms with Crippen molar-refractivity contribution in [2.45, 2.75) is 13.5 Å². The number of hydrogen-bond donors (Lipinski definition) is 1. The summed E-state index contributed by atoms with van der Waals surface area (Å²) in [5, 5.41) is 2.79. The molecule has 2 rings (SSSR count). The Morgan fingerprint density at radius 2 is 1.71 bits per heavy atom. The fourth-order valence-corrected chi connectivity index (χ4v) is 2.36. The van der Waals surface area contributed by atoms with Crippen molar-refractivity contribution in [2.75, 3.05) is 25.5 Å². The van der Waals surface area contributed by atoms with E-state index >= 15 is 0 Å². The van der Waals surface area contributed by atoms with Gasteiger partial charge in [-0.3, -0.25) is 9.69 Å². The van der Waals surface area contributed by atoms with Gasteiger partial charge in [-0.15, -0.1) is 0 Å². The highest BCUT2D eigenvalue weighted by molar-refractivity contribution is 6.01. The van der Waals surface area contributed by atoms with Gasteiger partial charge in [-0.1, -0.05) is 42.5 Å². The van der Waals surface area contributed by atoms with Gasteiger partial charge in [-0.2, -0.15) is 0 Å². The van der Waals surface area contributed by atoms with E-state index in [4.69, 9.17) is 4.74 Å². The first kappa shape index (κ1) is 17.7. The summed E-state index contributed by atoms with van der Waals surface area (Å²) in [4.78, 5) is 26.1. The lowest BCUT2D eigenvalue weighted by Crippen LogP contribution is -2.30. The van der Waals surface area contributed by atoms with E-state index in [1.54, 1.807) is 31.2 Å². The van der Waals surface area contributed by atoms with Crippen LogP contribution in [0.1, 0.15) is 22.8 Å². The van der Waals surface area contributed by atoms with Gasteiger partial charge in [0.25, 0.3) is 0 Å². The summed E-state index contributed by atoms with van der Waals surface area (Å²) in [5.41, 5.74) is 1.96. The molecule has 0 unspecified atom stereocenters. The first-order valence-corrected chi connectivity index (χ1v) is 7.88. The monoisotopic (exact) mass is 326 g/mol. The highest BCUT2D eigenvalue weighted by atomic mass is 16.5. The van der Waals surface area contributed by atoms with E-state index in [0.29, 0.717) is 24.4 Å². The Bertz CT molecular complexity index is 686. The second kappa shape index (κ2) is 8.84. The molecule has 0 aromatic heterocycles. The molecular weight excluding hydrogens is 304 g/mol. The van der Waals surface area contributed by atoms with Crippen LogP contribution in [0.15, 0.2) is 54.6 Å². The average molecular weight is 326 g/mol. The largest absolute Gasteiger partial charge is 0.462 e. The molecular formula is C19H22N2O3. The van der Waals surface area contributed by atoms with Crippen molar-refractivity contribution in [1.29, 1.82) is 0 Å². The van der Waals surface area contributed by atoms with Gasteiger partial charge in [-0.05, 0) is 31.7 Å². The fraction of sp³-hybridized carbons (Fsp3) is 0.263. The Kier molecular flexibility index (Phi) is 6.51. The third-order valence-corrected chi connectivity index (χ3v) is 3.41. The molecule has 0 spiro atoms. The summed E-state index contributed by atoms with van der Waals surface area (Å²) in [6.45, 7) is 2.94. The van der Waals surface area contributed by atoms with Crippen LogP contribution >= 0.6 is 0 Å². The first-order chi connectivity index (χ1) is 11.6. The number of ether oxygens (including phenoxy) is 1. The van der Waals surface area contributed by atoms with Crippen LogP contribution < -0.4 is 5.32 Å². The van der Waals surface area contributed by atoms with Crippen LogP contribution in [0.5, 0.6) is 0 Å². The predicted molar refractivity (Wildman–Crippen MR) is 93.8 cm³/mol. The summed E-state index contributed by atoms with van der Waals surface area (Å²) in [6, 6.07) is 16.8. The van der Waals surface area contributed by atoms with Crippen LogP contribution in [0.4, 0.5) is 5.69 Å². The second-order valence-electron chi connectivity index (χ2n) is 5.47. The van der Waals surface area contributed by atoms with Gasteiger partial charge >= 0.3 is 5.97 Å². The number of para-hydroxylation sites is 1. The molecule has 2 aromatic rings. The topological polar surface area (TPSA) is 58.6 Å². The minimum Gasteiger partial charge on any atom is -0.462 e. The maximum absolute atomic E-state index is 12.2. The third-order valence-electron chi connectivity index (χ3n) is 3.41. The van der Waals surface area contributed by atoms with Crippen molar-refractivity contribution in [3.05, 3.63) is 65.7 Å². The normalized spacial score (nSPS) is 10.5. The van der Waals surface area contributed by atoms with E-state index in [1.165, 1.54) is 0 Å². The molecule has 0 saturated carbocycles. The number of likely N-dealkylation sites (N-methyl/N-ethyl adjacent to an activating group) is 1. The van der Waals surface area contributed by atoms with E-state index in [1.807, 2.05) is 42.3 Å². The van der Waals surface area contributed by atoms with Crippen molar-refractivity contribution in [1.82, 2.24) is 4.90 Å². The first-order valence-electron chi connectivity index (χ1n) is 7.88. The highest BCUT2D eigenvalue weighted by Gasteiger charge is 2.14. The lowest BCUT2D eigenvalue weighted by Gasteiger charge is -2.17. The highest BCUT2D eigenvalue weighted by Crippen LogP contribution is 2.16. The Morgan fingerprint density at radius 1 is 1.04 bits per heavy atom. The number of amides is 1. The van der Waals surface area contributed by atoms with Crippen LogP contribution in [0.25, 0.3) is 0 Å². The number of anilines is 1. The summed E-state index contributed by atoms with van der Waals surface area (Å²) >= 11 is 0. The van der Waals surface area contributed by atoms with Gasteiger partial charge in [0, 0.05) is 6.54 Å². The third kappa shape index (κ3) is 5.21. The predicted octanol–water partition coefficient (Wildman–Crippen LogP) is 2.93. The molecule has 1 N–H and O–H groups in total. The zero-order chi connectivity index (χ0) is 17.4. The lowest BCUT2D eigenvalue weighted by molar-refractivity contribution is -0.117. The van der Waals surface area contributed by atoms with Crippen molar-refractivity contribution in [3.8, 4) is 0 Å². The van der Waals surface area contributed by atoms with Crippen LogP contribution in [0, 0.1) is 0 Å². The molecule has 0 aliphatic rings. The molecule has 0 heterocycles. The smallest absolute Gasteiger partial charge is 0.340 e. The zero-order valence-electron chi connectivity index (χ0n) is 14.0. The van der Waals surface area contributed by atoms with E-state index in [2.05, 4.69) is 5.32 Å². The van der Waals surface area contributed by atoms with Crippen molar-refractivity contribution >= 4 is 17.6 Å². The van der Waals surface area contributed by atoms with Crippen molar-refractivity contribution in [2.24, 2.45) is 0 Å². The molecule has 24 heavy (non-hydrogen) atoms. The summed E-state index contributed by atoms with van der Waals surface area (Å²) in [7, 11) is 1.88. The molecule has 5 heteroatoms. The van der Waals surface area contributed by atoms with E-state index < -0.39 is 5.97 Å². The number of esters is 1. The number of hydrogen-bond acceptors (Lipinski definition) is 4. The average Bonchev–Trinajstić information content (AvgIpc) is 2.56. The quantitative estimate of drug-likeness (QED) is 0.795. The number of nitrogens with zero attached hydrogens (tertiary/aromatic N) is 1. The Hall–Kier alpha value is -2.66. The van der Waals surface area contributed by atoms with Gasteiger partial charge < -0.3 is 10.1 Å². The molecule has 1 amide bonds. The number of carbonyl (C=O) groups is 2. The van der Waals surface area contributed by atoms with Gasteiger partial charge in [0.05, 0.1) is 24.4 Å². The Balaban J connectivity index is 1.96. The van der Waals surface area contributed by atoms with E-state index in [0.717, 1.165) is 5.56 Å².